The van der Waals surface area contributed by atoms with Gasteiger partial charge >= 0.3 is 0 Å². The van der Waals surface area contributed by atoms with E-state index in [1.165, 1.54) is 0 Å². The van der Waals surface area contributed by atoms with E-state index in [2.05, 4.69) is 50.3 Å². The number of benzene rings is 4. The number of hydrogen-bond acceptors (Lipinski definition) is 2. The third-order valence-electron chi connectivity index (χ3n) is 7.87. The van der Waals surface area contributed by atoms with Gasteiger partial charge in [-0.1, -0.05) is 123 Å². The summed E-state index contributed by atoms with van der Waals surface area (Å²) in [5.41, 5.74) is 8.91. The van der Waals surface area contributed by atoms with Crippen LogP contribution in [-0.4, -0.2) is 11.6 Å². The Morgan fingerprint density at radius 2 is 0.737 bits per heavy atom. The van der Waals surface area contributed by atoms with Crippen molar-refractivity contribution in [3.63, 3.8) is 0 Å². The normalized spacial score (nSPS) is 18.2. The summed E-state index contributed by atoms with van der Waals surface area (Å²) in [4.78, 5) is 27.5. The first-order chi connectivity index (χ1) is 18.5. The minimum atomic E-state index is -0.0696. The molecule has 4 aromatic carbocycles. The lowest BCUT2D eigenvalue weighted by atomic mass is 9.74. The van der Waals surface area contributed by atoms with Crippen molar-refractivity contribution in [3.05, 3.63) is 166 Å². The zero-order valence-corrected chi connectivity index (χ0v) is 21.5. The summed E-state index contributed by atoms with van der Waals surface area (Å²) in [5.74, 6) is -0.0220. The Balaban J connectivity index is 1.62. The largest absolute Gasteiger partial charge is 0.289 e. The number of hydrogen-bond donors (Lipinski definition) is 0. The Labute approximate surface area is 223 Å². The summed E-state index contributed by atoms with van der Waals surface area (Å²) in [5, 5.41) is 0. The van der Waals surface area contributed by atoms with Gasteiger partial charge in [-0.05, 0) is 45.6 Å². The molecule has 0 aliphatic heterocycles. The van der Waals surface area contributed by atoms with Gasteiger partial charge < -0.3 is 0 Å². The van der Waals surface area contributed by atoms with Crippen LogP contribution >= 0.6 is 0 Å². The van der Waals surface area contributed by atoms with Gasteiger partial charge in [0.2, 0.25) is 0 Å². The molecule has 2 aliphatic carbocycles. The Kier molecular flexibility index (Phi) is 6.09. The highest BCUT2D eigenvalue weighted by molar-refractivity contribution is 6.23. The highest BCUT2D eigenvalue weighted by Gasteiger charge is 2.32. The molecule has 0 amide bonds. The van der Waals surface area contributed by atoms with Gasteiger partial charge in [-0.25, -0.2) is 0 Å². The monoisotopic (exact) mass is 492 g/mol. The molecule has 184 valence electrons. The molecule has 2 atom stereocenters. The smallest absolute Gasteiger partial charge is 0.190 e. The molecule has 0 heterocycles. The maximum Gasteiger partial charge on any atom is 0.190 e. The fourth-order valence-electron chi connectivity index (χ4n) is 5.67. The van der Waals surface area contributed by atoms with Gasteiger partial charge in [0.1, 0.15) is 0 Å². The summed E-state index contributed by atoms with van der Waals surface area (Å²) in [6, 6.07) is 36.0. The third kappa shape index (κ3) is 3.99. The fraction of sp³-hybridized carbons (Fsp3) is 0.111. The minimum Gasteiger partial charge on any atom is -0.289 e. The summed E-state index contributed by atoms with van der Waals surface area (Å²) in [6.07, 6.45) is 4.12. The molecule has 6 rings (SSSR count). The number of carbonyl (C=O) groups is 2. The van der Waals surface area contributed by atoms with Crippen molar-refractivity contribution >= 4 is 22.7 Å². The molecule has 0 fully saturated rings. The topological polar surface area (TPSA) is 34.1 Å². The average molecular weight is 493 g/mol. The van der Waals surface area contributed by atoms with Crippen LogP contribution in [-0.2, 0) is 0 Å². The zero-order chi connectivity index (χ0) is 26.2. The molecule has 0 N–H and O–H groups in total. The lowest BCUT2D eigenvalue weighted by molar-refractivity contribution is 0.101. The van der Waals surface area contributed by atoms with E-state index < -0.39 is 0 Å². The molecule has 2 aliphatic rings. The molecule has 0 radical (unpaired) electrons. The predicted molar refractivity (Wildman–Crippen MR) is 154 cm³/mol. The molecular formula is C36H28O2. The van der Waals surface area contributed by atoms with Crippen LogP contribution in [0.25, 0.3) is 11.1 Å². The summed E-state index contributed by atoms with van der Waals surface area (Å²) in [6.45, 7) is 4.18. The van der Waals surface area contributed by atoms with Crippen LogP contribution in [0.2, 0.25) is 0 Å². The first-order valence-corrected chi connectivity index (χ1v) is 13.1. The molecule has 0 spiro atoms. The van der Waals surface area contributed by atoms with Gasteiger partial charge in [-0.15, -0.1) is 0 Å². The summed E-state index contributed by atoms with van der Waals surface area (Å²) < 4.78 is 0. The van der Waals surface area contributed by atoms with Crippen LogP contribution in [0, 0.1) is 0 Å². The number of allylic oxidation sites excluding steroid dienone is 6. The van der Waals surface area contributed by atoms with Crippen LogP contribution < -0.4 is 0 Å². The first kappa shape index (κ1) is 23.8. The van der Waals surface area contributed by atoms with E-state index in [0.29, 0.717) is 11.1 Å². The number of fused-ring (bicyclic) bond motifs is 2. The number of ketones is 2. The number of Topliss-reactive ketones (excluding diaryl/α,β-unsaturated/α-hetero) is 2. The number of carbonyl (C=O) groups excluding carboxylic acids is 2. The maximum absolute atomic E-state index is 13.8. The van der Waals surface area contributed by atoms with E-state index in [4.69, 9.17) is 0 Å². The van der Waals surface area contributed by atoms with Crippen molar-refractivity contribution in [2.24, 2.45) is 0 Å². The van der Waals surface area contributed by atoms with Gasteiger partial charge in [-0.2, -0.15) is 0 Å². The summed E-state index contributed by atoms with van der Waals surface area (Å²) in [7, 11) is 0. The minimum absolute atomic E-state index is 0.0586. The Bertz CT molecular complexity index is 1530. The molecule has 2 heteroatoms. The van der Waals surface area contributed by atoms with Crippen molar-refractivity contribution < 1.29 is 9.59 Å². The van der Waals surface area contributed by atoms with Crippen molar-refractivity contribution in [1.29, 1.82) is 0 Å². The second-order valence-corrected chi connectivity index (χ2v) is 10.0. The maximum atomic E-state index is 13.8. The van der Waals surface area contributed by atoms with Crippen LogP contribution in [0.15, 0.2) is 132 Å². The Hall–Kier alpha value is -4.56. The Morgan fingerprint density at radius 1 is 0.421 bits per heavy atom. The van der Waals surface area contributed by atoms with E-state index in [9.17, 15) is 9.59 Å². The van der Waals surface area contributed by atoms with Crippen molar-refractivity contribution in [1.82, 2.24) is 0 Å². The first-order valence-electron chi connectivity index (χ1n) is 13.1. The van der Waals surface area contributed by atoms with Crippen molar-refractivity contribution in [2.45, 2.75) is 25.7 Å². The van der Waals surface area contributed by atoms with Gasteiger partial charge in [0.25, 0.3) is 0 Å². The molecule has 0 bridgehead atoms. The van der Waals surface area contributed by atoms with E-state index in [1.807, 2.05) is 84.9 Å². The van der Waals surface area contributed by atoms with E-state index >= 15 is 0 Å². The lowest BCUT2D eigenvalue weighted by Crippen LogP contribution is -2.19. The molecule has 0 saturated heterocycles. The van der Waals surface area contributed by atoms with E-state index in [0.717, 1.165) is 44.5 Å². The van der Waals surface area contributed by atoms with Crippen LogP contribution in [0.4, 0.5) is 0 Å². The van der Waals surface area contributed by atoms with Crippen LogP contribution in [0.3, 0.4) is 0 Å². The average Bonchev–Trinajstić information content (AvgIpc) is 2.98. The summed E-state index contributed by atoms with van der Waals surface area (Å²) >= 11 is 0. The molecule has 0 aromatic heterocycles. The molecular weight excluding hydrogens is 464 g/mol. The SMILES string of the molecule is CC(C1=C/C(=C2/C=C(C(C)c3ccccc3)C(=O)c3ccccc32)c2ccccc2C1=O)c1ccccc1. The molecule has 2 unspecified atom stereocenters. The van der Waals surface area contributed by atoms with Crippen molar-refractivity contribution in [3.8, 4) is 0 Å². The van der Waals surface area contributed by atoms with Crippen LogP contribution in [0.1, 0.15) is 68.7 Å². The molecule has 0 saturated carbocycles. The number of rotatable bonds is 4. The standard InChI is InChI=1S/C36H28O2/c1-23(25-13-5-3-6-14-25)31-21-33(27-17-9-11-19-29(27)35(31)37)34-22-32(24(2)26-15-7-4-8-16-26)36(38)30-20-12-10-18-28(30)34/h3-24H,1-2H3/b34-33+. The molecule has 4 aromatic rings. The van der Waals surface area contributed by atoms with Gasteiger partial charge in [0, 0.05) is 34.1 Å². The molecule has 2 nitrogen and oxygen atoms in total. The van der Waals surface area contributed by atoms with Gasteiger partial charge in [-0.3, -0.25) is 9.59 Å². The fourth-order valence-corrected chi connectivity index (χ4v) is 5.67. The second kappa shape index (κ2) is 9.72. The lowest BCUT2D eigenvalue weighted by Gasteiger charge is -2.28. The Morgan fingerprint density at radius 3 is 1.11 bits per heavy atom. The van der Waals surface area contributed by atoms with Crippen molar-refractivity contribution in [2.75, 3.05) is 0 Å². The van der Waals surface area contributed by atoms with Gasteiger partial charge in [0.05, 0.1) is 0 Å². The highest BCUT2D eigenvalue weighted by atomic mass is 16.1. The predicted octanol–water partition coefficient (Wildman–Crippen LogP) is 8.45. The zero-order valence-electron chi connectivity index (χ0n) is 21.5. The third-order valence-corrected chi connectivity index (χ3v) is 7.87. The van der Waals surface area contributed by atoms with Crippen LogP contribution in [0.5, 0.6) is 0 Å². The van der Waals surface area contributed by atoms with E-state index in [-0.39, 0.29) is 23.4 Å². The van der Waals surface area contributed by atoms with E-state index in [1.54, 1.807) is 0 Å². The van der Waals surface area contributed by atoms with Gasteiger partial charge in [0.15, 0.2) is 11.6 Å². The quantitative estimate of drug-likeness (QED) is 0.286. The highest BCUT2D eigenvalue weighted by Crippen LogP contribution is 2.44. The molecule has 38 heavy (non-hydrogen) atoms. The second-order valence-electron chi connectivity index (χ2n) is 10.0.